The number of hydrogen-bond acceptors (Lipinski definition) is 2. The Bertz CT molecular complexity index is 194. The molecule has 0 aliphatic heterocycles. The number of carboxylic acid groups (broad SMARTS) is 1. The zero-order chi connectivity index (χ0) is 9.94. The van der Waals surface area contributed by atoms with Crippen molar-refractivity contribution >= 4 is 11.8 Å². The van der Waals surface area contributed by atoms with Crippen LogP contribution >= 0.6 is 0 Å². The zero-order valence-electron chi connectivity index (χ0n) is 8.05. The Kier molecular flexibility index (Phi) is 3.43. The van der Waals surface area contributed by atoms with Gasteiger partial charge < -0.3 is 5.11 Å². The third kappa shape index (κ3) is 2.06. The van der Waals surface area contributed by atoms with Crippen LogP contribution in [0.15, 0.2) is 0 Å². The summed E-state index contributed by atoms with van der Waals surface area (Å²) < 4.78 is 0. The van der Waals surface area contributed by atoms with E-state index >= 15 is 0 Å². The van der Waals surface area contributed by atoms with E-state index in [2.05, 4.69) is 0 Å². The second kappa shape index (κ2) is 3.70. The second-order valence-corrected chi connectivity index (χ2v) is 3.60. The summed E-state index contributed by atoms with van der Waals surface area (Å²) in [6.45, 7) is 6.53. The Labute approximate surface area is 72.8 Å². The molecule has 0 saturated heterocycles. The summed E-state index contributed by atoms with van der Waals surface area (Å²) in [5.41, 5.74) is -1.24. The maximum absolute atomic E-state index is 11.5. The molecule has 3 heteroatoms. The molecule has 0 heterocycles. The van der Waals surface area contributed by atoms with Gasteiger partial charge in [0.05, 0.1) is 0 Å². The molecule has 1 atom stereocenters. The summed E-state index contributed by atoms with van der Waals surface area (Å²) >= 11 is 0. The molecular formula is C9H16O3. The first-order chi connectivity index (χ1) is 5.34. The van der Waals surface area contributed by atoms with E-state index in [1.165, 1.54) is 13.8 Å². The zero-order valence-corrected chi connectivity index (χ0v) is 8.05. The van der Waals surface area contributed by atoms with Crippen LogP contribution in [0.2, 0.25) is 0 Å². The molecule has 1 unspecified atom stereocenters. The third-order valence-corrected chi connectivity index (χ3v) is 2.21. The summed E-state index contributed by atoms with van der Waals surface area (Å²) in [4.78, 5) is 22.1. The van der Waals surface area contributed by atoms with Crippen LogP contribution in [-0.2, 0) is 9.59 Å². The van der Waals surface area contributed by atoms with E-state index in [0.29, 0.717) is 6.42 Å². The minimum absolute atomic E-state index is 0.170. The number of carbonyl (C=O) groups is 2. The first-order valence-electron chi connectivity index (χ1n) is 4.11. The van der Waals surface area contributed by atoms with E-state index in [0.717, 1.165) is 0 Å². The van der Waals surface area contributed by atoms with E-state index in [9.17, 15) is 9.59 Å². The van der Waals surface area contributed by atoms with Crippen molar-refractivity contribution in [3.63, 3.8) is 0 Å². The van der Waals surface area contributed by atoms with Gasteiger partial charge in [-0.3, -0.25) is 9.59 Å². The molecule has 0 aliphatic rings. The van der Waals surface area contributed by atoms with Crippen LogP contribution in [0.1, 0.15) is 34.1 Å². The smallest absolute Gasteiger partial charge is 0.316 e. The summed E-state index contributed by atoms with van der Waals surface area (Å²) in [5.74, 6) is -1.42. The fourth-order valence-corrected chi connectivity index (χ4v) is 0.907. The molecule has 0 amide bonds. The van der Waals surface area contributed by atoms with E-state index in [-0.39, 0.29) is 11.7 Å². The highest BCUT2D eigenvalue weighted by atomic mass is 16.4. The number of Topliss-reactive ketones (excluding diaryl/α,β-unsaturated/α-hetero) is 1. The summed E-state index contributed by atoms with van der Waals surface area (Å²) in [5, 5.41) is 8.74. The maximum atomic E-state index is 11.5. The van der Waals surface area contributed by atoms with Crippen molar-refractivity contribution in [1.82, 2.24) is 0 Å². The first-order valence-corrected chi connectivity index (χ1v) is 4.11. The van der Waals surface area contributed by atoms with Crippen LogP contribution in [0.4, 0.5) is 0 Å². The molecule has 0 bridgehead atoms. The average molecular weight is 172 g/mol. The van der Waals surface area contributed by atoms with Crippen molar-refractivity contribution in [2.45, 2.75) is 34.1 Å². The van der Waals surface area contributed by atoms with Crippen LogP contribution in [-0.4, -0.2) is 16.9 Å². The van der Waals surface area contributed by atoms with Gasteiger partial charge in [-0.05, 0) is 20.3 Å². The Morgan fingerprint density at radius 1 is 1.42 bits per heavy atom. The third-order valence-electron chi connectivity index (χ3n) is 2.21. The van der Waals surface area contributed by atoms with E-state index in [1.807, 2.05) is 6.92 Å². The molecule has 0 fully saturated rings. The lowest BCUT2D eigenvalue weighted by atomic mass is 9.81. The quantitative estimate of drug-likeness (QED) is 0.657. The Balaban J connectivity index is 4.57. The standard InChI is InChI=1S/C9H16O3/c1-5-6(2)7(10)9(3,4)8(11)12/h6H,5H2,1-4H3,(H,11,12). The van der Waals surface area contributed by atoms with Crippen LogP contribution in [0.25, 0.3) is 0 Å². The van der Waals surface area contributed by atoms with Crippen molar-refractivity contribution in [3.05, 3.63) is 0 Å². The molecule has 3 nitrogen and oxygen atoms in total. The van der Waals surface area contributed by atoms with Gasteiger partial charge in [-0.2, -0.15) is 0 Å². The highest BCUT2D eigenvalue weighted by Crippen LogP contribution is 2.22. The lowest BCUT2D eigenvalue weighted by Gasteiger charge is -2.20. The predicted octanol–water partition coefficient (Wildman–Crippen LogP) is 1.71. The first kappa shape index (κ1) is 11.1. The monoisotopic (exact) mass is 172 g/mol. The van der Waals surface area contributed by atoms with Crippen molar-refractivity contribution in [2.24, 2.45) is 11.3 Å². The Hall–Kier alpha value is -0.860. The van der Waals surface area contributed by atoms with E-state index in [1.54, 1.807) is 6.92 Å². The summed E-state index contributed by atoms with van der Waals surface area (Å²) in [7, 11) is 0. The molecule has 0 aromatic carbocycles. The van der Waals surface area contributed by atoms with Crippen molar-refractivity contribution in [3.8, 4) is 0 Å². The van der Waals surface area contributed by atoms with Crippen LogP contribution < -0.4 is 0 Å². The summed E-state index contributed by atoms with van der Waals surface area (Å²) in [6.07, 6.45) is 0.690. The predicted molar refractivity (Wildman–Crippen MR) is 45.9 cm³/mol. The van der Waals surface area contributed by atoms with Crippen molar-refractivity contribution in [2.75, 3.05) is 0 Å². The summed E-state index contributed by atoms with van der Waals surface area (Å²) in [6, 6.07) is 0. The molecular weight excluding hydrogens is 156 g/mol. The lowest BCUT2D eigenvalue weighted by Crippen LogP contribution is -2.36. The second-order valence-electron chi connectivity index (χ2n) is 3.60. The van der Waals surface area contributed by atoms with Gasteiger partial charge in [-0.15, -0.1) is 0 Å². The van der Waals surface area contributed by atoms with E-state index < -0.39 is 11.4 Å². The van der Waals surface area contributed by atoms with Gasteiger partial charge >= 0.3 is 5.97 Å². The average Bonchev–Trinajstić information content (AvgIpc) is 2.01. The van der Waals surface area contributed by atoms with Gasteiger partial charge in [0.1, 0.15) is 5.41 Å². The Morgan fingerprint density at radius 2 is 1.83 bits per heavy atom. The fraction of sp³-hybridized carbons (Fsp3) is 0.778. The highest BCUT2D eigenvalue weighted by Gasteiger charge is 2.37. The number of rotatable bonds is 4. The topological polar surface area (TPSA) is 54.4 Å². The molecule has 0 radical (unpaired) electrons. The highest BCUT2D eigenvalue weighted by molar-refractivity contribution is 6.03. The van der Waals surface area contributed by atoms with Crippen LogP contribution in [0, 0.1) is 11.3 Å². The number of carboxylic acids is 1. The number of hydrogen-bond donors (Lipinski definition) is 1. The van der Waals surface area contributed by atoms with Gasteiger partial charge in [0.2, 0.25) is 0 Å². The molecule has 0 aromatic rings. The number of ketones is 1. The van der Waals surface area contributed by atoms with Crippen LogP contribution in [0.3, 0.4) is 0 Å². The lowest BCUT2D eigenvalue weighted by molar-refractivity contribution is -0.153. The molecule has 0 aromatic heterocycles. The minimum atomic E-state index is -1.24. The van der Waals surface area contributed by atoms with Gasteiger partial charge in [-0.25, -0.2) is 0 Å². The fourth-order valence-electron chi connectivity index (χ4n) is 0.907. The molecule has 0 aliphatic carbocycles. The number of aliphatic carboxylic acids is 1. The van der Waals surface area contributed by atoms with Gasteiger partial charge in [-0.1, -0.05) is 13.8 Å². The molecule has 0 rings (SSSR count). The van der Waals surface area contributed by atoms with Gasteiger partial charge in [0.15, 0.2) is 5.78 Å². The molecule has 1 N–H and O–H groups in total. The van der Waals surface area contributed by atoms with Gasteiger partial charge in [0, 0.05) is 5.92 Å². The largest absolute Gasteiger partial charge is 0.481 e. The van der Waals surface area contributed by atoms with Crippen LogP contribution in [0.5, 0.6) is 0 Å². The normalized spacial score (nSPS) is 14.0. The van der Waals surface area contributed by atoms with Crippen molar-refractivity contribution < 1.29 is 14.7 Å². The Morgan fingerprint density at radius 3 is 2.08 bits per heavy atom. The molecule has 70 valence electrons. The maximum Gasteiger partial charge on any atom is 0.316 e. The molecule has 0 spiro atoms. The SMILES string of the molecule is CCC(C)C(=O)C(C)(C)C(=O)O. The van der Waals surface area contributed by atoms with E-state index in [4.69, 9.17) is 5.11 Å². The minimum Gasteiger partial charge on any atom is -0.481 e. The molecule has 0 saturated carbocycles. The van der Waals surface area contributed by atoms with Crippen molar-refractivity contribution in [1.29, 1.82) is 0 Å². The number of carbonyl (C=O) groups excluding carboxylic acids is 1. The van der Waals surface area contributed by atoms with Gasteiger partial charge in [0.25, 0.3) is 0 Å². The molecule has 12 heavy (non-hydrogen) atoms.